The molecule has 0 spiro atoms. The molecule has 0 saturated heterocycles. The van der Waals surface area contributed by atoms with Gasteiger partial charge in [-0.25, -0.2) is 0 Å². The zero-order valence-corrected chi connectivity index (χ0v) is 10.6. The van der Waals surface area contributed by atoms with Crippen molar-refractivity contribution in [2.75, 3.05) is 19.9 Å². The van der Waals surface area contributed by atoms with Crippen LogP contribution in [0.15, 0.2) is 23.1 Å². The molecule has 0 unspecified atom stereocenters. The van der Waals surface area contributed by atoms with E-state index in [1.807, 2.05) is 25.2 Å². The Morgan fingerprint density at radius 3 is 2.94 bits per heavy atom. The van der Waals surface area contributed by atoms with Crippen LogP contribution in [0.4, 0.5) is 0 Å². The number of benzene rings is 1. The minimum atomic E-state index is -0.293. The number of methoxy groups -OCH3 is 1. The summed E-state index contributed by atoms with van der Waals surface area (Å²) in [6, 6.07) is 7.77. The second kappa shape index (κ2) is 6.94. The Morgan fingerprint density at radius 1 is 1.59 bits per heavy atom. The normalized spacial score (nSPS) is 9.71. The summed E-state index contributed by atoms with van der Waals surface area (Å²) in [5.74, 6) is -0.0745. The van der Waals surface area contributed by atoms with Crippen molar-refractivity contribution in [1.82, 2.24) is 5.32 Å². The quantitative estimate of drug-likeness (QED) is 0.634. The number of carbonyl (C=O) groups excluding carboxylic acids is 1. The highest BCUT2D eigenvalue weighted by molar-refractivity contribution is 8.00. The van der Waals surface area contributed by atoms with E-state index in [1.165, 1.54) is 18.9 Å². The van der Waals surface area contributed by atoms with Crippen LogP contribution in [0.5, 0.6) is 0 Å². The van der Waals surface area contributed by atoms with Crippen molar-refractivity contribution in [3.63, 3.8) is 0 Å². The van der Waals surface area contributed by atoms with Gasteiger partial charge >= 0.3 is 5.97 Å². The molecule has 90 valence electrons. The summed E-state index contributed by atoms with van der Waals surface area (Å²) in [4.78, 5) is 11.8. The van der Waals surface area contributed by atoms with Crippen molar-refractivity contribution < 1.29 is 9.53 Å². The summed E-state index contributed by atoms with van der Waals surface area (Å²) < 4.78 is 4.56. The highest BCUT2D eigenvalue weighted by Crippen LogP contribution is 2.23. The van der Waals surface area contributed by atoms with Gasteiger partial charge in [0.15, 0.2) is 0 Å². The number of nitriles is 1. The maximum atomic E-state index is 11.0. The first kappa shape index (κ1) is 13.6. The zero-order valence-electron chi connectivity index (χ0n) is 9.82. The van der Waals surface area contributed by atoms with Gasteiger partial charge in [0.2, 0.25) is 0 Å². The third kappa shape index (κ3) is 4.10. The average molecular weight is 250 g/mol. The molecule has 0 aliphatic carbocycles. The van der Waals surface area contributed by atoms with E-state index >= 15 is 0 Å². The number of nitrogens with one attached hydrogen (secondary N) is 1. The van der Waals surface area contributed by atoms with Crippen molar-refractivity contribution in [2.24, 2.45) is 0 Å². The molecule has 1 aromatic carbocycles. The lowest BCUT2D eigenvalue weighted by molar-refractivity contribution is -0.137. The van der Waals surface area contributed by atoms with Gasteiger partial charge in [-0.2, -0.15) is 5.26 Å². The van der Waals surface area contributed by atoms with Crippen LogP contribution in [-0.4, -0.2) is 25.9 Å². The fourth-order valence-corrected chi connectivity index (χ4v) is 2.12. The van der Waals surface area contributed by atoms with Gasteiger partial charge in [-0.15, -0.1) is 11.8 Å². The molecule has 5 heteroatoms. The Bertz CT molecular complexity index is 441. The Labute approximate surface area is 105 Å². The molecule has 17 heavy (non-hydrogen) atoms. The predicted molar refractivity (Wildman–Crippen MR) is 66.7 cm³/mol. The van der Waals surface area contributed by atoms with Crippen LogP contribution >= 0.6 is 11.8 Å². The number of thioether (sulfide) groups is 1. The maximum absolute atomic E-state index is 11.0. The Kier molecular flexibility index (Phi) is 5.53. The van der Waals surface area contributed by atoms with E-state index in [0.29, 0.717) is 5.56 Å². The van der Waals surface area contributed by atoms with Gasteiger partial charge in [0.1, 0.15) is 6.07 Å². The van der Waals surface area contributed by atoms with Crippen molar-refractivity contribution >= 4 is 17.7 Å². The molecule has 0 aromatic heterocycles. The summed E-state index contributed by atoms with van der Waals surface area (Å²) in [7, 11) is 3.20. The highest BCUT2D eigenvalue weighted by atomic mass is 32.2. The van der Waals surface area contributed by atoms with E-state index in [2.05, 4.69) is 16.1 Å². The smallest absolute Gasteiger partial charge is 0.315 e. The molecule has 1 aromatic rings. The van der Waals surface area contributed by atoms with Crippen molar-refractivity contribution in [3.8, 4) is 6.07 Å². The fourth-order valence-electron chi connectivity index (χ4n) is 1.30. The molecule has 1 N–H and O–H groups in total. The molecule has 0 saturated carbocycles. The summed E-state index contributed by atoms with van der Waals surface area (Å²) in [6.07, 6.45) is 0. The predicted octanol–water partition coefficient (Wildman–Crippen LogP) is 1.54. The van der Waals surface area contributed by atoms with Crippen molar-refractivity contribution in [3.05, 3.63) is 29.3 Å². The van der Waals surface area contributed by atoms with Crippen LogP contribution < -0.4 is 5.32 Å². The minimum absolute atomic E-state index is 0.219. The second-order valence-electron chi connectivity index (χ2n) is 3.34. The molecule has 4 nitrogen and oxygen atoms in total. The molecule has 0 fully saturated rings. The lowest BCUT2D eigenvalue weighted by atomic mass is 10.1. The van der Waals surface area contributed by atoms with Crippen LogP contribution in [0.25, 0.3) is 0 Å². The maximum Gasteiger partial charge on any atom is 0.315 e. The van der Waals surface area contributed by atoms with Crippen molar-refractivity contribution in [1.29, 1.82) is 5.26 Å². The Hall–Kier alpha value is -1.51. The fraction of sp³-hybridized carbons (Fsp3) is 0.333. The highest BCUT2D eigenvalue weighted by Gasteiger charge is 2.07. The van der Waals surface area contributed by atoms with Crippen LogP contribution in [0.2, 0.25) is 0 Å². The minimum Gasteiger partial charge on any atom is -0.468 e. The average Bonchev–Trinajstić information content (AvgIpc) is 2.36. The van der Waals surface area contributed by atoms with E-state index in [9.17, 15) is 4.79 Å². The van der Waals surface area contributed by atoms with Gasteiger partial charge < -0.3 is 10.1 Å². The topological polar surface area (TPSA) is 62.1 Å². The number of hydrogen-bond donors (Lipinski definition) is 1. The number of rotatable bonds is 5. The standard InChI is InChI=1S/C12H14N2O2S/c1-14-7-9-3-4-11(10(5-9)6-13)17-8-12(15)16-2/h3-5,14H,7-8H2,1-2H3. The summed E-state index contributed by atoms with van der Waals surface area (Å²) in [6.45, 7) is 0.719. The summed E-state index contributed by atoms with van der Waals surface area (Å²) in [5, 5.41) is 12.1. The lowest BCUT2D eigenvalue weighted by Gasteiger charge is -2.06. The second-order valence-corrected chi connectivity index (χ2v) is 4.35. The molecule has 0 aliphatic heterocycles. The van der Waals surface area contributed by atoms with Crippen LogP contribution in [0.1, 0.15) is 11.1 Å². The molecule has 0 heterocycles. The largest absolute Gasteiger partial charge is 0.468 e. The van der Waals surface area contributed by atoms with Gasteiger partial charge in [-0.05, 0) is 24.7 Å². The molecule has 0 amide bonds. The van der Waals surface area contributed by atoms with E-state index < -0.39 is 0 Å². The van der Waals surface area contributed by atoms with Crippen LogP contribution in [0.3, 0.4) is 0 Å². The van der Waals surface area contributed by atoms with Gasteiger partial charge in [-0.3, -0.25) is 4.79 Å². The van der Waals surface area contributed by atoms with Crippen molar-refractivity contribution in [2.45, 2.75) is 11.4 Å². The van der Waals surface area contributed by atoms with E-state index in [0.717, 1.165) is 17.0 Å². The van der Waals surface area contributed by atoms with Gasteiger partial charge in [0.05, 0.1) is 18.4 Å². The molecule has 0 atom stereocenters. The molecule has 0 bridgehead atoms. The van der Waals surface area contributed by atoms with Gasteiger partial charge in [0.25, 0.3) is 0 Å². The number of carbonyl (C=O) groups is 1. The summed E-state index contributed by atoms with van der Waals surface area (Å²) in [5.41, 5.74) is 1.64. The van der Waals surface area contributed by atoms with Crippen LogP contribution in [-0.2, 0) is 16.1 Å². The third-order valence-electron chi connectivity index (χ3n) is 2.12. The monoisotopic (exact) mass is 250 g/mol. The van der Waals surface area contributed by atoms with Crippen LogP contribution in [0, 0.1) is 11.3 Å². The number of esters is 1. The molecule has 1 rings (SSSR count). The third-order valence-corrected chi connectivity index (χ3v) is 3.17. The first-order valence-electron chi connectivity index (χ1n) is 5.08. The molecule has 0 radical (unpaired) electrons. The van der Waals surface area contributed by atoms with E-state index in [-0.39, 0.29) is 11.7 Å². The number of nitrogens with zero attached hydrogens (tertiary/aromatic N) is 1. The first-order valence-corrected chi connectivity index (χ1v) is 6.07. The van der Waals surface area contributed by atoms with E-state index in [4.69, 9.17) is 5.26 Å². The molecular weight excluding hydrogens is 236 g/mol. The Balaban J connectivity index is 2.79. The Morgan fingerprint density at radius 2 is 2.35 bits per heavy atom. The zero-order chi connectivity index (χ0) is 12.7. The number of ether oxygens (including phenoxy) is 1. The molecule has 0 aliphatic rings. The molecular formula is C12H14N2O2S. The number of hydrogen-bond acceptors (Lipinski definition) is 5. The SMILES string of the molecule is CNCc1ccc(SCC(=O)OC)c(C#N)c1. The lowest BCUT2D eigenvalue weighted by Crippen LogP contribution is -2.06. The van der Waals surface area contributed by atoms with Gasteiger partial charge in [0, 0.05) is 11.4 Å². The summed E-state index contributed by atoms with van der Waals surface area (Å²) >= 11 is 1.31. The van der Waals surface area contributed by atoms with E-state index in [1.54, 1.807) is 0 Å². The van der Waals surface area contributed by atoms with Gasteiger partial charge in [-0.1, -0.05) is 6.07 Å². The first-order chi connectivity index (χ1) is 8.21.